The van der Waals surface area contributed by atoms with Crippen molar-refractivity contribution < 1.29 is 9.53 Å². The average Bonchev–Trinajstić information content (AvgIpc) is 2.38. The SMILES string of the molecule is COCC(CN)NC(=O)c1cccc(N(C)C)c1. The van der Waals surface area contributed by atoms with E-state index in [4.69, 9.17) is 10.5 Å². The molecule has 0 heterocycles. The van der Waals surface area contributed by atoms with Crippen molar-refractivity contribution in [2.75, 3.05) is 39.3 Å². The molecule has 100 valence electrons. The highest BCUT2D eigenvalue weighted by Gasteiger charge is 2.12. The Morgan fingerprint density at radius 2 is 2.22 bits per heavy atom. The summed E-state index contributed by atoms with van der Waals surface area (Å²) in [7, 11) is 5.46. The molecule has 1 unspecified atom stereocenters. The number of carbonyl (C=O) groups excluding carboxylic acids is 1. The van der Waals surface area contributed by atoms with E-state index in [1.165, 1.54) is 0 Å². The fourth-order valence-electron chi connectivity index (χ4n) is 1.56. The number of carbonyl (C=O) groups is 1. The van der Waals surface area contributed by atoms with Crippen LogP contribution in [0.2, 0.25) is 0 Å². The molecular weight excluding hydrogens is 230 g/mol. The van der Waals surface area contributed by atoms with Crippen LogP contribution in [0.15, 0.2) is 24.3 Å². The number of rotatable bonds is 6. The molecule has 0 aliphatic heterocycles. The lowest BCUT2D eigenvalue weighted by molar-refractivity contribution is 0.0900. The summed E-state index contributed by atoms with van der Waals surface area (Å²) in [6.45, 7) is 0.766. The van der Waals surface area contributed by atoms with Crippen LogP contribution in [0.5, 0.6) is 0 Å². The van der Waals surface area contributed by atoms with Crippen molar-refractivity contribution in [3.05, 3.63) is 29.8 Å². The topological polar surface area (TPSA) is 67.6 Å². The van der Waals surface area contributed by atoms with Gasteiger partial charge in [0.2, 0.25) is 0 Å². The monoisotopic (exact) mass is 251 g/mol. The molecule has 0 fully saturated rings. The van der Waals surface area contributed by atoms with Gasteiger partial charge in [-0.15, -0.1) is 0 Å². The molecule has 0 aliphatic rings. The first-order chi connectivity index (χ1) is 8.58. The van der Waals surface area contributed by atoms with Crippen molar-refractivity contribution >= 4 is 11.6 Å². The molecule has 0 saturated carbocycles. The van der Waals surface area contributed by atoms with E-state index in [2.05, 4.69) is 5.32 Å². The number of hydrogen-bond donors (Lipinski definition) is 2. The highest BCUT2D eigenvalue weighted by Crippen LogP contribution is 2.13. The second-order valence-corrected chi connectivity index (χ2v) is 4.31. The van der Waals surface area contributed by atoms with Gasteiger partial charge in [-0.3, -0.25) is 4.79 Å². The zero-order valence-electron chi connectivity index (χ0n) is 11.1. The fraction of sp³-hybridized carbons (Fsp3) is 0.462. The third-order valence-corrected chi connectivity index (χ3v) is 2.61. The number of benzene rings is 1. The number of methoxy groups -OCH3 is 1. The lowest BCUT2D eigenvalue weighted by Gasteiger charge is -2.17. The van der Waals surface area contributed by atoms with Gasteiger partial charge in [0.25, 0.3) is 5.91 Å². The van der Waals surface area contributed by atoms with E-state index in [0.29, 0.717) is 18.7 Å². The van der Waals surface area contributed by atoms with E-state index >= 15 is 0 Å². The maximum Gasteiger partial charge on any atom is 0.251 e. The molecule has 0 bridgehead atoms. The molecule has 5 nitrogen and oxygen atoms in total. The molecule has 1 aromatic rings. The van der Waals surface area contributed by atoms with Gasteiger partial charge < -0.3 is 20.7 Å². The second kappa shape index (κ2) is 6.98. The summed E-state index contributed by atoms with van der Waals surface area (Å²) >= 11 is 0. The molecule has 18 heavy (non-hydrogen) atoms. The molecule has 1 rings (SSSR count). The van der Waals surface area contributed by atoms with Crippen LogP contribution in [0.25, 0.3) is 0 Å². The Morgan fingerprint density at radius 3 is 2.78 bits per heavy atom. The van der Waals surface area contributed by atoms with Crippen LogP contribution in [0.1, 0.15) is 10.4 Å². The Bertz CT molecular complexity index is 394. The normalized spacial score (nSPS) is 12.0. The summed E-state index contributed by atoms with van der Waals surface area (Å²) in [6, 6.07) is 7.27. The van der Waals surface area contributed by atoms with Crippen molar-refractivity contribution in [1.82, 2.24) is 5.32 Å². The highest BCUT2D eigenvalue weighted by atomic mass is 16.5. The van der Waals surface area contributed by atoms with Gasteiger partial charge in [-0.2, -0.15) is 0 Å². The lowest BCUT2D eigenvalue weighted by atomic mass is 10.1. The molecule has 1 atom stereocenters. The summed E-state index contributed by atoms with van der Waals surface area (Å²) in [5, 5.41) is 2.84. The number of nitrogens with two attached hydrogens (primary N) is 1. The summed E-state index contributed by atoms with van der Waals surface area (Å²) in [4.78, 5) is 14.0. The maximum absolute atomic E-state index is 12.0. The highest BCUT2D eigenvalue weighted by molar-refractivity contribution is 5.95. The van der Waals surface area contributed by atoms with Gasteiger partial charge >= 0.3 is 0 Å². The van der Waals surface area contributed by atoms with Crippen molar-refractivity contribution in [2.45, 2.75) is 6.04 Å². The Hall–Kier alpha value is -1.59. The average molecular weight is 251 g/mol. The first-order valence-corrected chi connectivity index (χ1v) is 5.85. The van der Waals surface area contributed by atoms with Gasteiger partial charge in [0.1, 0.15) is 0 Å². The van der Waals surface area contributed by atoms with Gasteiger partial charge in [0, 0.05) is 39.0 Å². The van der Waals surface area contributed by atoms with Crippen LogP contribution < -0.4 is 16.0 Å². The minimum atomic E-state index is -0.162. The second-order valence-electron chi connectivity index (χ2n) is 4.31. The Morgan fingerprint density at radius 1 is 1.50 bits per heavy atom. The van der Waals surface area contributed by atoms with Crippen LogP contribution in [-0.4, -0.2) is 46.3 Å². The lowest BCUT2D eigenvalue weighted by Crippen LogP contribution is -2.43. The quantitative estimate of drug-likeness (QED) is 0.770. The van der Waals surface area contributed by atoms with Crippen molar-refractivity contribution in [3.63, 3.8) is 0 Å². The molecule has 0 aromatic heterocycles. The molecular formula is C13H21N3O2. The summed E-state index contributed by atoms with van der Waals surface area (Å²) in [5.74, 6) is -0.133. The number of amides is 1. The molecule has 1 aromatic carbocycles. The minimum Gasteiger partial charge on any atom is -0.383 e. The van der Waals surface area contributed by atoms with Crippen molar-refractivity contribution in [2.24, 2.45) is 5.73 Å². The van der Waals surface area contributed by atoms with Gasteiger partial charge in [-0.1, -0.05) is 6.07 Å². The largest absolute Gasteiger partial charge is 0.383 e. The van der Waals surface area contributed by atoms with Gasteiger partial charge in [-0.25, -0.2) is 0 Å². The predicted molar refractivity (Wildman–Crippen MR) is 73.0 cm³/mol. The first kappa shape index (κ1) is 14.5. The fourth-order valence-corrected chi connectivity index (χ4v) is 1.56. The Labute approximate surface area is 108 Å². The smallest absolute Gasteiger partial charge is 0.251 e. The Kier molecular flexibility index (Phi) is 5.61. The van der Waals surface area contributed by atoms with Crippen LogP contribution in [0.3, 0.4) is 0 Å². The third kappa shape index (κ3) is 4.01. The standard InChI is InChI=1S/C13H21N3O2/c1-16(2)12-6-4-5-10(7-12)13(17)15-11(8-14)9-18-3/h4-7,11H,8-9,14H2,1-3H3,(H,15,17). The van der Waals surface area contributed by atoms with Crippen molar-refractivity contribution in [3.8, 4) is 0 Å². The third-order valence-electron chi connectivity index (χ3n) is 2.61. The van der Waals surface area contributed by atoms with E-state index in [0.717, 1.165) is 5.69 Å². The molecule has 5 heteroatoms. The number of anilines is 1. The van der Waals surface area contributed by atoms with Crippen LogP contribution in [-0.2, 0) is 4.74 Å². The molecule has 1 amide bonds. The van der Waals surface area contributed by atoms with Crippen LogP contribution in [0.4, 0.5) is 5.69 Å². The van der Waals surface area contributed by atoms with Crippen molar-refractivity contribution in [1.29, 1.82) is 0 Å². The summed E-state index contributed by atoms with van der Waals surface area (Å²) in [6.07, 6.45) is 0. The zero-order chi connectivity index (χ0) is 13.5. The van der Waals surface area contributed by atoms with E-state index in [1.807, 2.05) is 37.2 Å². The van der Waals surface area contributed by atoms with E-state index in [9.17, 15) is 4.79 Å². The minimum absolute atomic E-state index is 0.133. The number of nitrogens with one attached hydrogen (secondary N) is 1. The van der Waals surface area contributed by atoms with Gasteiger partial charge in [0.15, 0.2) is 0 Å². The zero-order valence-corrected chi connectivity index (χ0v) is 11.1. The number of nitrogens with zero attached hydrogens (tertiary/aromatic N) is 1. The van der Waals surface area contributed by atoms with E-state index in [1.54, 1.807) is 13.2 Å². The summed E-state index contributed by atoms with van der Waals surface area (Å²) < 4.78 is 4.99. The molecule has 0 aliphatic carbocycles. The first-order valence-electron chi connectivity index (χ1n) is 5.85. The van der Waals surface area contributed by atoms with Gasteiger partial charge in [-0.05, 0) is 18.2 Å². The number of hydrogen-bond acceptors (Lipinski definition) is 4. The van der Waals surface area contributed by atoms with E-state index < -0.39 is 0 Å². The van der Waals surface area contributed by atoms with Gasteiger partial charge in [0.05, 0.1) is 12.6 Å². The predicted octanol–water partition coefficient (Wildman–Crippen LogP) is 0.456. The van der Waals surface area contributed by atoms with Crippen LogP contribution >= 0.6 is 0 Å². The summed E-state index contributed by atoms with van der Waals surface area (Å²) in [5.41, 5.74) is 7.17. The Balaban J connectivity index is 2.74. The molecule has 3 N–H and O–H groups in total. The molecule has 0 saturated heterocycles. The maximum atomic E-state index is 12.0. The molecule has 0 radical (unpaired) electrons. The molecule has 0 spiro atoms. The van der Waals surface area contributed by atoms with Crippen LogP contribution in [0, 0.1) is 0 Å². The number of ether oxygens (including phenoxy) is 1. The van der Waals surface area contributed by atoms with E-state index in [-0.39, 0.29) is 11.9 Å².